The lowest BCUT2D eigenvalue weighted by atomic mass is 10.1. The zero-order valence-corrected chi connectivity index (χ0v) is 8.43. The van der Waals surface area contributed by atoms with E-state index in [9.17, 15) is 18.0 Å². The first kappa shape index (κ1) is 12.2. The number of pyridine rings is 1. The molecular formula is C10H9F3N2O. The summed E-state index contributed by atoms with van der Waals surface area (Å²) in [6, 6.07) is 1.05. The fourth-order valence-electron chi connectivity index (χ4n) is 1.13. The number of hydrogen-bond acceptors (Lipinski definition) is 2. The Bertz CT molecular complexity index is 427. The number of halogens is 3. The average Bonchev–Trinajstić information content (AvgIpc) is 2.25. The Balaban J connectivity index is 3.38. The molecule has 16 heavy (non-hydrogen) atoms. The van der Waals surface area contributed by atoms with Gasteiger partial charge >= 0.3 is 6.18 Å². The Hall–Kier alpha value is -1.85. The van der Waals surface area contributed by atoms with Gasteiger partial charge in [-0.05, 0) is 12.1 Å². The van der Waals surface area contributed by atoms with E-state index in [0.717, 1.165) is 6.07 Å². The van der Waals surface area contributed by atoms with Crippen LogP contribution in [0.3, 0.4) is 0 Å². The molecule has 1 amide bonds. The van der Waals surface area contributed by atoms with Crippen LogP contribution in [0.2, 0.25) is 0 Å². The Morgan fingerprint density at radius 2 is 2.19 bits per heavy atom. The second kappa shape index (κ2) is 4.34. The predicted molar refractivity (Wildman–Crippen MR) is 52.7 cm³/mol. The molecule has 1 N–H and O–H groups in total. The van der Waals surface area contributed by atoms with Crippen LogP contribution in [0.25, 0.3) is 6.08 Å². The molecular weight excluding hydrogens is 221 g/mol. The van der Waals surface area contributed by atoms with Gasteiger partial charge in [-0.15, -0.1) is 0 Å². The third kappa shape index (κ3) is 2.39. The van der Waals surface area contributed by atoms with Gasteiger partial charge in [-0.2, -0.15) is 13.2 Å². The second-order valence-electron chi connectivity index (χ2n) is 2.94. The summed E-state index contributed by atoms with van der Waals surface area (Å²) in [6.07, 6.45) is -2.71. The molecule has 0 atom stereocenters. The SMILES string of the molecule is C=Cc1cc(C(=O)NC)c(C(F)(F)F)cn1. The molecule has 0 saturated heterocycles. The van der Waals surface area contributed by atoms with Gasteiger partial charge in [0.05, 0.1) is 16.8 Å². The molecule has 3 nitrogen and oxygen atoms in total. The highest BCUT2D eigenvalue weighted by Crippen LogP contribution is 2.31. The minimum Gasteiger partial charge on any atom is -0.355 e. The number of amides is 1. The van der Waals surface area contributed by atoms with Crippen LogP contribution in [0.5, 0.6) is 0 Å². The van der Waals surface area contributed by atoms with Crippen molar-refractivity contribution in [2.24, 2.45) is 0 Å². The number of carbonyl (C=O) groups excluding carboxylic acids is 1. The van der Waals surface area contributed by atoms with E-state index in [1.54, 1.807) is 0 Å². The van der Waals surface area contributed by atoms with Crippen molar-refractivity contribution in [3.63, 3.8) is 0 Å². The van der Waals surface area contributed by atoms with Gasteiger partial charge < -0.3 is 5.32 Å². The van der Waals surface area contributed by atoms with Crippen LogP contribution in [0.1, 0.15) is 21.6 Å². The van der Waals surface area contributed by atoms with E-state index in [0.29, 0.717) is 6.20 Å². The molecule has 1 heterocycles. The minimum absolute atomic E-state index is 0.214. The molecule has 0 aliphatic heterocycles. The summed E-state index contributed by atoms with van der Waals surface area (Å²) in [5.41, 5.74) is -1.30. The van der Waals surface area contributed by atoms with Crippen molar-refractivity contribution in [2.45, 2.75) is 6.18 Å². The molecule has 0 aliphatic rings. The van der Waals surface area contributed by atoms with E-state index in [4.69, 9.17) is 0 Å². The first-order valence-corrected chi connectivity index (χ1v) is 4.32. The molecule has 1 aromatic heterocycles. The van der Waals surface area contributed by atoms with Gasteiger partial charge in [-0.1, -0.05) is 6.58 Å². The molecule has 0 radical (unpaired) electrons. The summed E-state index contributed by atoms with van der Waals surface area (Å²) in [5.74, 6) is -0.808. The number of carbonyl (C=O) groups is 1. The zero-order valence-electron chi connectivity index (χ0n) is 8.43. The molecule has 0 aromatic carbocycles. The van der Waals surface area contributed by atoms with Crippen LogP contribution in [0.15, 0.2) is 18.8 Å². The highest BCUT2D eigenvalue weighted by Gasteiger charge is 2.35. The average molecular weight is 230 g/mol. The number of aromatic nitrogens is 1. The van der Waals surface area contributed by atoms with Gasteiger partial charge in [-0.25, -0.2) is 0 Å². The summed E-state index contributed by atoms with van der Waals surface area (Å²) < 4.78 is 37.6. The van der Waals surface area contributed by atoms with Crippen LogP contribution in [-0.2, 0) is 6.18 Å². The summed E-state index contributed by atoms with van der Waals surface area (Å²) in [6.45, 7) is 3.37. The normalized spacial score (nSPS) is 11.0. The number of rotatable bonds is 2. The van der Waals surface area contributed by atoms with Gasteiger partial charge in [0.1, 0.15) is 0 Å². The third-order valence-electron chi connectivity index (χ3n) is 1.91. The van der Waals surface area contributed by atoms with E-state index < -0.39 is 23.2 Å². The Labute approximate surface area is 90.0 Å². The minimum atomic E-state index is -4.60. The summed E-state index contributed by atoms with van der Waals surface area (Å²) in [7, 11) is 1.26. The second-order valence-corrected chi connectivity index (χ2v) is 2.94. The van der Waals surface area contributed by atoms with Crippen LogP contribution < -0.4 is 5.32 Å². The topological polar surface area (TPSA) is 42.0 Å². The van der Waals surface area contributed by atoms with Gasteiger partial charge in [0, 0.05) is 13.2 Å². The number of alkyl halides is 3. The molecule has 0 saturated carbocycles. The van der Waals surface area contributed by atoms with Crippen LogP contribution in [-0.4, -0.2) is 17.9 Å². The van der Waals surface area contributed by atoms with E-state index >= 15 is 0 Å². The smallest absolute Gasteiger partial charge is 0.355 e. The van der Waals surface area contributed by atoms with E-state index in [2.05, 4.69) is 16.9 Å². The van der Waals surface area contributed by atoms with E-state index in [1.807, 2.05) is 0 Å². The summed E-state index contributed by atoms with van der Waals surface area (Å²) >= 11 is 0. The monoisotopic (exact) mass is 230 g/mol. The lowest BCUT2D eigenvalue weighted by Gasteiger charge is -2.11. The highest BCUT2D eigenvalue weighted by molar-refractivity contribution is 5.96. The summed E-state index contributed by atoms with van der Waals surface area (Å²) in [5, 5.41) is 2.14. The fourth-order valence-corrected chi connectivity index (χ4v) is 1.13. The molecule has 0 fully saturated rings. The zero-order chi connectivity index (χ0) is 12.3. The summed E-state index contributed by atoms with van der Waals surface area (Å²) in [4.78, 5) is 14.8. The first-order valence-electron chi connectivity index (χ1n) is 4.32. The van der Waals surface area contributed by atoms with Crippen molar-refractivity contribution >= 4 is 12.0 Å². The Kier molecular flexibility index (Phi) is 3.31. The van der Waals surface area contributed by atoms with Gasteiger partial charge in [0.15, 0.2) is 0 Å². The van der Waals surface area contributed by atoms with Crippen molar-refractivity contribution < 1.29 is 18.0 Å². The Morgan fingerprint density at radius 3 is 2.62 bits per heavy atom. The van der Waals surface area contributed by atoms with E-state index in [-0.39, 0.29) is 5.69 Å². The van der Waals surface area contributed by atoms with Crippen molar-refractivity contribution in [3.05, 3.63) is 35.7 Å². The van der Waals surface area contributed by atoms with Crippen LogP contribution >= 0.6 is 0 Å². The molecule has 0 unspecified atom stereocenters. The van der Waals surface area contributed by atoms with Crippen molar-refractivity contribution in [2.75, 3.05) is 7.05 Å². The molecule has 1 aromatic rings. The quantitative estimate of drug-likeness (QED) is 0.845. The molecule has 6 heteroatoms. The largest absolute Gasteiger partial charge is 0.418 e. The molecule has 86 valence electrons. The maximum Gasteiger partial charge on any atom is 0.418 e. The maximum atomic E-state index is 12.5. The number of nitrogens with zero attached hydrogens (tertiary/aromatic N) is 1. The van der Waals surface area contributed by atoms with Crippen LogP contribution in [0, 0.1) is 0 Å². The van der Waals surface area contributed by atoms with Gasteiger partial charge in [0.2, 0.25) is 0 Å². The molecule has 0 aliphatic carbocycles. The van der Waals surface area contributed by atoms with Gasteiger partial charge in [0.25, 0.3) is 5.91 Å². The van der Waals surface area contributed by atoms with Crippen molar-refractivity contribution in [1.82, 2.24) is 10.3 Å². The van der Waals surface area contributed by atoms with Crippen LogP contribution in [0.4, 0.5) is 13.2 Å². The van der Waals surface area contributed by atoms with Crippen molar-refractivity contribution in [1.29, 1.82) is 0 Å². The maximum absolute atomic E-state index is 12.5. The lowest BCUT2D eigenvalue weighted by Crippen LogP contribution is -2.23. The molecule has 0 bridgehead atoms. The van der Waals surface area contributed by atoms with Gasteiger partial charge in [-0.3, -0.25) is 9.78 Å². The number of hydrogen-bond donors (Lipinski definition) is 1. The van der Waals surface area contributed by atoms with Crippen molar-refractivity contribution in [3.8, 4) is 0 Å². The lowest BCUT2D eigenvalue weighted by molar-refractivity contribution is -0.138. The number of nitrogens with one attached hydrogen (secondary N) is 1. The standard InChI is InChI=1S/C10H9F3N2O/c1-3-6-4-7(9(16)14-2)8(5-15-6)10(11,12)13/h3-5H,1H2,2H3,(H,14,16). The first-order chi connectivity index (χ1) is 7.40. The molecule has 1 rings (SSSR count). The third-order valence-corrected chi connectivity index (χ3v) is 1.91. The van der Waals surface area contributed by atoms with E-state index in [1.165, 1.54) is 13.1 Å². The fraction of sp³-hybridized carbons (Fsp3) is 0.200. The molecule has 0 spiro atoms. The predicted octanol–water partition coefficient (Wildman–Crippen LogP) is 2.10. The Morgan fingerprint density at radius 1 is 1.56 bits per heavy atom. The highest BCUT2D eigenvalue weighted by atomic mass is 19.4.